The van der Waals surface area contributed by atoms with E-state index < -0.39 is 0 Å². The molecule has 3 rings (SSSR count). The lowest BCUT2D eigenvalue weighted by Gasteiger charge is -2.03. The lowest BCUT2D eigenvalue weighted by molar-refractivity contribution is 0.180. The summed E-state index contributed by atoms with van der Waals surface area (Å²) in [6.45, 7) is 2.09. The van der Waals surface area contributed by atoms with Gasteiger partial charge in [0, 0.05) is 11.3 Å². The molecule has 16 heavy (non-hydrogen) atoms. The Balaban J connectivity index is 1.99. The van der Waals surface area contributed by atoms with Crippen LogP contribution >= 0.6 is 0 Å². The van der Waals surface area contributed by atoms with E-state index in [0.29, 0.717) is 5.92 Å². The van der Waals surface area contributed by atoms with Crippen LogP contribution in [0.25, 0.3) is 11.0 Å². The number of fused-ring (bicyclic) bond motifs is 1. The first-order valence-electron chi connectivity index (χ1n) is 5.90. The van der Waals surface area contributed by atoms with Crippen LogP contribution in [-0.2, 0) is 0 Å². The molecule has 0 bridgehead atoms. The van der Waals surface area contributed by atoms with Crippen molar-refractivity contribution in [2.24, 2.45) is 0 Å². The van der Waals surface area contributed by atoms with E-state index in [0.717, 1.165) is 30.6 Å². The minimum Gasteiger partial charge on any atom is -0.461 e. The molecule has 0 spiro atoms. The molecule has 1 heterocycles. The normalized spacial score (nSPS) is 25.4. The molecule has 1 fully saturated rings. The van der Waals surface area contributed by atoms with E-state index in [1.807, 2.05) is 6.07 Å². The van der Waals surface area contributed by atoms with E-state index in [4.69, 9.17) is 4.42 Å². The van der Waals surface area contributed by atoms with Crippen molar-refractivity contribution in [1.82, 2.24) is 0 Å². The number of furan rings is 1. The Morgan fingerprint density at radius 1 is 1.25 bits per heavy atom. The van der Waals surface area contributed by atoms with E-state index in [1.165, 1.54) is 10.9 Å². The summed E-state index contributed by atoms with van der Waals surface area (Å²) in [7, 11) is 0. The number of hydrogen-bond donors (Lipinski definition) is 1. The van der Waals surface area contributed by atoms with Gasteiger partial charge in [-0.2, -0.15) is 0 Å². The van der Waals surface area contributed by atoms with Gasteiger partial charge in [-0.05, 0) is 44.4 Å². The van der Waals surface area contributed by atoms with Crippen LogP contribution in [0.3, 0.4) is 0 Å². The Morgan fingerprint density at radius 3 is 2.88 bits per heavy atom. The third kappa shape index (κ3) is 1.63. The number of aryl methyl sites for hydroxylation is 1. The molecule has 0 amide bonds. The van der Waals surface area contributed by atoms with E-state index in [2.05, 4.69) is 25.1 Å². The first-order chi connectivity index (χ1) is 7.72. The van der Waals surface area contributed by atoms with Gasteiger partial charge in [-0.1, -0.05) is 11.6 Å². The van der Waals surface area contributed by atoms with Gasteiger partial charge in [0.1, 0.15) is 11.3 Å². The quantitative estimate of drug-likeness (QED) is 0.792. The van der Waals surface area contributed by atoms with Crippen molar-refractivity contribution in [3.8, 4) is 0 Å². The molecule has 0 aliphatic heterocycles. The Morgan fingerprint density at radius 2 is 2.12 bits per heavy atom. The van der Waals surface area contributed by atoms with Gasteiger partial charge in [0.05, 0.1) is 6.10 Å². The molecule has 2 nitrogen and oxygen atoms in total. The molecule has 2 atom stereocenters. The summed E-state index contributed by atoms with van der Waals surface area (Å²) >= 11 is 0. The number of aliphatic hydroxyl groups is 1. The highest BCUT2D eigenvalue weighted by Gasteiger charge is 2.26. The molecule has 1 aromatic carbocycles. The first-order valence-corrected chi connectivity index (χ1v) is 5.90. The van der Waals surface area contributed by atoms with Crippen LogP contribution < -0.4 is 0 Å². The van der Waals surface area contributed by atoms with E-state index in [1.54, 1.807) is 0 Å². The van der Waals surface area contributed by atoms with Crippen molar-refractivity contribution in [2.45, 2.75) is 38.2 Å². The number of rotatable bonds is 1. The topological polar surface area (TPSA) is 33.4 Å². The van der Waals surface area contributed by atoms with Gasteiger partial charge >= 0.3 is 0 Å². The smallest absolute Gasteiger partial charge is 0.134 e. The average molecular weight is 216 g/mol. The lowest BCUT2D eigenvalue weighted by Crippen LogP contribution is -1.98. The van der Waals surface area contributed by atoms with Gasteiger partial charge in [-0.3, -0.25) is 0 Å². The molecule has 1 aliphatic rings. The van der Waals surface area contributed by atoms with Crippen LogP contribution in [0.2, 0.25) is 0 Å². The molecule has 1 aromatic heterocycles. The number of aliphatic hydroxyl groups excluding tert-OH is 1. The average Bonchev–Trinajstić information content (AvgIpc) is 2.83. The second-order valence-corrected chi connectivity index (χ2v) is 4.85. The Kier molecular flexibility index (Phi) is 2.25. The second kappa shape index (κ2) is 3.63. The highest BCUT2D eigenvalue weighted by Crippen LogP contribution is 2.37. The Hall–Kier alpha value is -1.28. The second-order valence-electron chi connectivity index (χ2n) is 4.85. The predicted octanol–water partition coefficient (Wildman–Crippen LogP) is 3.37. The number of hydrogen-bond acceptors (Lipinski definition) is 2. The molecule has 0 saturated heterocycles. The van der Waals surface area contributed by atoms with Crippen molar-refractivity contribution in [3.05, 3.63) is 35.6 Å². The molecule has 1 aliphatic carbocycles. The molecule has 84 valence electrons. The highest BCUT2D eigenvalue weighted by atomic mass is 16.3. The molecule has 2 heteroatoms. The monoisotopic (exact) mass is 216 g/mol. The van der Waals surface area contributed by atoms with Gasteiger partial charge in [-0.25, -0.2) is 0 Å². The van der Waals surface area contributed by atoms with Gasteiger partial charge < -0.3 is 9.52 Å². The molecule has 1 N–H and O–H groups in total. The van der Waals surface area contributed by atoms with Gasteiger partial charge in [0.25, 0.3) is 0 Å². The van der Waals surface area contributed by atoms with Gasteiger partial charge in [-0.15, -0.1) is 0 Å². The van der Waals surface area contributed by atoms with Crippen LogP contribution in [0.15, 0.2) is 28.7 Å². The fraction of sp³-hybridized carbons (Fsp3) is 0.429. The van der Waals surface area contributed by atoms with Crippen molar-refractivity contribution < 1.29 is 9.52 Å². The van der Waals surface area contributed by atoms with Crippen LogP contribution in [-0.4, -0.2) is 11.2 Å². The third-order valence-corrected chi connectivity index (χ3v) is 3.50. The maximum Gasteiger partial charge on any atom is 0.134 e. The molecular formula is C14H16O2. The standard InChI is InChI=1S/C14H16O2/c1-9-2-5-13-11(6-9)8-14(16-13)10-3-4-12(15)7-10/h2,5-6,8,10,12,15H,3-4,7H2,1H3. The minimum absolute atomic E-state index is 0.139. The van der Waals surface area contributed by atoms with Crippen LogP contribution in [0.4, 0.5) is 0 Å². The van der Waals surface area contributed by atoms with E-state index >= 15 is 0 Å². The van der Waals surface area contributed by atoms with Crippen LogP contribution in [0.1, 0.15) is 36.5 Å². The fourth-order valence-corrected chi connectivity index (χ4v) is 2.60. The number of benzene rings is 1. The summed E-state index contributed by atoms with van der Waals surface area (Å²) in [5.41, 5.74) is 2.22. The summed E-state index contributed by atoms with van der Waals surface area (Å²) in [6.07, 6.45) is 2.65. The third-order valence-electron chi connectivity index (χ3n) is 3.50. The summed E-state index contributed by atoms with van der Waals surface area (Å²) in [5.74, 6) is 1.44. The molecule has 2 aromatic rings. The maximum absolute atomic E-state index is 9.54. The predicted molar refractivity (Wildman–Crippen MR) is 63.5 cm³/mol. The zero-order chi connectivity index (χ0) is 11.1. The summed E-state index contributed by atoms with van der Waals surface area (Å²) in [4.78, 5) is 0. The van der Waals surface area contributed by atoms with Crippen molar-refractivity contribution in [3.63, 3.8) is 0 Å². The molecule has 1 saturated carbocycles. The van der Waals surface area contributed by atoms with Crippen molar-refractivity contribution in [2.75, 3.05) is 0 Å². The largest absolute Gasteiger partial charge is 0.461 e. The summed E-state index contributed by atoms with van der Waals surface area (Å²) < 4.78 is 5.84. The Labute approximate surface area is 94.9 Å². The zero-order valence-corrected chi connectivity index (χ0v) is 9.44. The maximum atomic E-state index is 9.54. The fourth-order valence-electron chi connectivity index (χ4n) is 2.60. The van der Waals surface area contributed by atoms with Crippen molar-refractivity contribution >= 4 is 11.0 Å². The van der Waals surface area contributed by atoms with Crippen LogP contribution in [0, 0.1) is 6.92 Å². The van der Waals surface area contributed by atoms with Crippen molar-refractivity contribution in [1.29, 1.82) is 0 Å². The molecular weight excluding hydrogens is 200 g/mol. The van der Waals surface area contributed by atoms with E-state index in [-0.39, 0.29) is 6.10 Å². The summed E-state index contributed by atoms with van der Waals surface area (Å²) in [5, 5.41) is 10.7. The van der Waals surface area contributed by atoms with E-state index in [9.17, 15) is 5.11 Å². The van der Waals surface area contributed by atoms with Crippen LogP contribution in [0.5, 0.6) is 0 Å². The lowest BCUT2D eigenvalue weighted by atomic mass is 10.0. The Bertz CT molecular complexity index is 512. The minimum atomic E-state index is -0.139. The van der Waals surface area contributed by atoms with Gasteiger partial charge in [0.2, 0.25) is 0 Å². The highest BCUT2D eigenvalue weighted by molar-refractivity contribution is 5.78. The zero-order valence-electron chi connectivity index (χ0n) is 9.44. The summed E-state index contributed by atoms with van der Waals surface area (Å²) in [6, 6.07) is 8.37. The first kappa shape index (κ1) is 9.91. The molecule has 2 unspecified atom stereocenters. The SMILES string of the molecule is Cc1ccc2oc(C3CCC(O)C3)cc2c1. The van der Waals surface area contributed by atoms with Gasteiger partial charge in [0.15, 0.2) is 0 Å². The molecule has 0 radical (unpaired) electrons.